The number of hydrogen-bond donors (Lipinski definition) is 0. The van der Waals surface area contributed by atoms with Gasteiger partial charge in [-0.25, -0.2) is 0 Å². The zero-order chi connectivity index (χ0) is 44.7. The summed E-state index contributed by atoms with van der Waals surface area (Å²) in [6.45, 7) is 13.6. The number of nitrogens with zero attached hydrogens (tertiary/aromatic N) is 5. The van der Waals surface area contributed by atoms with Gasteiger partial charge in [-0.15, -0.1) is 28.4 Å². The van der Waals surface area contributed by atoms with E-state index in [1.54, 1.807) is 4.40 Å². The number of para-hydroxylation sites is 1. The van der Waals surface area contributed by atoms with Crippen LogP contribution >= 0.6 is 0 Å². The molecule has 8 heteroatoms. The molecule has 0 fully saturated rings. The fourth-order valence-electron chi connectivity index (χ4n) is 8.88. The molecule has 0 atom stereocenters. The van der Waals surface area contributed by atoms with Crippen molar-refractivity contribution in [3.05, 3.63) is 168 Å². The van der Waals surface area contributed by atoms with Crippen molar-refractivity contribution >= 4 is 61.7 Å². The Hall–Kier alpha value is -5.73. The van der Waals surface area contributed by atoms with Gasteiger partial charge in [0.15, 0.2) is 5.65 Å². The Morgan fingerprint density at radius 1 is 0.662 bits per heavy atom. The number of aromatic nitrogens is 5. The van der Waals surface area contributed by atoms with Crippen LogP contribution in [0.3, 0.4) is 0 Å². The average molecular weight is 1090 g/mol. The van der Waals surface area contributed by atoms with Gasteiger partial charge in [-0.2, -0.15) is 0 Å². The molecule has 10 rings (SSSR count). The molecule has 4 heterocycles. The molecular formula is C57H55GeIrN5O-2. The van der Waals surface area contributed by atoms with E-state index in [2.05, 4.69) is 160 Å². The molecule has 10 aromatic rings. The van der Waals surface area contributed by atoms with Gasteiger partial charge in [0.05, 0.1) is 16.9 Å². The van der Waals surface area contributed by atoms with Crippen LogP contribution in [0.4, 0.5) is 0 Å². The third-order valence-electron chi connectivity index (χ3n) is 12.0. The van der Waals surface area contributed by atoms with E-state index >= 15 is 0 Å². The van der Waals surface area contributed by atoms with Crippen molar-refractivity contribution in [2.75, 3.05) is 0 Å². The van der Waals surface area contributed by atoms with Gasteiger partial charge in [0.25, 0.3) is 0 Å². The van der Waals surface area contributed by atoms with Gasteiger partial charge in [-0.3, -0.25) is 4.98 Å². The summed E-state index contributed by atoms with van der Waals surface area (Å²) < 4.78 is 10.3. The number of fused-ring (bicyclic) bond motifs is 6. The maximum atomic E-state index is 6.52. The molecule has 0 amide bonds. The van der Waals surface area contributed by atoms with E-state index in [4.69, 9.17) is 19.5 Å². The summed E-state index contributed by atoms with van der Waals surface area (Å²) in [5.74, 6) is 9.20. The van der Waals surface area contributed by atoms with Gasteiger partial charge in [0.2, 0.25) is 0 Å². The van der Waals surface area contributed by atoms with E-state index in [-0.39, 0.29) is 31.9 Å². The summed E-state index contributed by atoms with van der Waals surface area (Å²) in [6.07, 6.45) is 3.27. The van der Waals surface area contributed by atoms with Crippen molar-refractivity contribution in [2.24, 2.45) is 5.92 Å². The zero-order valence-corrected chi connectivity index (χ0v) is 43.2. The van der Waals surface area contributed by atoms with Gasteiger partial charge in [-0.1, -0.05) is 105 Å². The normalized spacial score (nSPS) is 11.8. The molecule has 0 N–H and O–H groups in total. The topological polar surface area (TPSA) is 69.6 Å². The smallest absolute Gasteiger partial charge is 0.178 e. The summed E-state index contributed by atoms with van der Waals surface area (Å²) in [7, 11) is 0. The molecule has 1 radical (unpaired) electrons. The standard InChI is InChI=1S/C39H31N4O.C18H24GeN.Ir/c1-23(2)31-21-26(25-13-6-5-7-14-25)22-32(24(3)4)36(31)43-38(40-35-29-16-8-10-19-33(29)41-42-39(35)43)30-18-12-17-28-27-15-9-11-20-34(27)44-37(28)30;1-14(2)11-16-12-18(15-9-7-6-8-10-15)20-13-17(16)19(3,4)5;/h5-17,19-24H,1-4H3;6-9,12-14H,11H2,1-5H3;/q2*-1;. The summed E-state index contributed by atoms with van der Waals surface area (Å²) in [5.41, 5.74) is 14.3. The van der Waals surface area contributed by atoms with Crippen LogP contribution in [0.1, 0.15) is 70.1 Å². The summed E-state index contributed by atoms with van der Waals surface area (Å²) >= 11 is -1.86. The molecule has 0 spiro atoms. The van der Waals surface area contributed by atoms with E-state index in [9.17, 15) is 0 Å². The first-order chi connectivity index (χ1) is 30.9. The molecule has 0 bridgehead atoms. The number of furan rings is 1. The van der Waals surface area contributed by atoms with Crippen LogP contribution in [0.25, 0.3) is 83.5 Å². The predicted octanol–water partition coefficient (Wildman–Crippen LogP) is 14.5. The molecule has 6 aromatic carbocycles. The van der Waals surface area contributed by atoms with Crippen LogP contribution in [-0.4, -0.2) is 38.0 Å². The summed E-state index contributed by atoms with van der Waals surface area (Å²) in [5, 5.41) is 12.6. The van der Waals surface area contributed by atoms with Crippen molar-refractivity contribution in [1.29, 1.82) is 0 Å². The maximum Gasteiger partial charge on any atom is 0.178 e. The van der Waals surface area contributed by atoms with Crippen molar-refractivity contribution in [3.8, 4) is 39.5 Å². The van der Waals surface area contributed by atoms with Crippen LogP contribution in [0, 0.1) is 18.1 Å². The second-order valence-corrected chi connectivity index (χ2v) is 29.5. The fourth-order valence-corrected chi connectivity index (χ4v) is 12.2. The largest absolute Gasteiger partial charge is 0.501 e. The Labute approximate surface area is 399 Å². The molecule has 0 saturated carbocycles. The third-order valence-corrected chi connectivity index (χ3v) is 16.3. The molecule has 4 aromatic heterocycles. The van der Waals surface area contributed by atoms with E-state index < -0.39 is 13.3 Å². The first-order valence-corrected chi connectivity index (χ1v) is 29.9. The Balaban J connectivity index is 0.000000232. The van der Waals surface area contributed by atoms with Crippen LogP contribution < -0.4 is 4.40 Å². The molecule has 0 aliphatic rings. The second-order valence-electron chi connectivity index (χ2n) is 18.9. The Bertz CT molecular complexity index is 3250. The molecular weight excluding hydrogens is 1040 g/mol. The van der Waals surface area contributed by atoms with Crippen LogP contribution in [0.5, 0.6) is 0 Å². The van der Waals surface area contributed by atoms with Crippen LogP contribution in [0.15, 0.2) is 144 Å². The van der Waals surface area contributed by atoms with E-state index in [1.165, 1.54) is 27.8 Å². The van der Waals surface area contributed by atoms with Crippen molar-refractivity contribution in [3.63, 3.8) is 0 Å². The quantitative estimate of drug-likeness (QED) is 0.106. The van der Waals surface area contributed by atoms with Crippen LogP contribution in [-0.2, 0) is 26.5 Å². The molecule has 65 heavy (non-hydrogen) atoms. The second kappa shape index (κ2) is 19.0. The minimum atomic E-state index is -1.86. The van der Waals surface area contributed by atoms with Crippen molar-refractivity contribution < 1.29 is 24.5 Å². The number of hydrogen-bond acceptors (Lipinski definition) is 5. The Morgan fingerprint density at radius 3 is 2.02 bits per heavy atom. The van der Waals surface area contributed by atoms with Gasteiger partial charge >= 0.3 is 126 Å². The minimum Gasteiger partial charge on any atom is -0.501 e. The average Bonchev–Trinajstić information content (AvgIpc) is 3.88. The fraction of sp³-hybridized carbons (Fsp3) is 0.228. The molecule has 329 valence electrons. The first-order valence-electron chi connectivity index (χ1n) is 22.5. The Kier molecular flexibility index (Phi) is 13.4. The number of benzene rings is 6. The number of imidazole rings is 1. The van der Waals surface area contributed by atoms with E-state index in [1.807, 2.05) is 60.7 Å². The molecule has 0 saturated heterocycles. The van der Waals surface area contributed by atoms with E-state index in [0.717, 1.165) is 78.8 Å². The summed E-state index contributed by atoms with van der Waals surface area (Å²) in [4.78, 5) is 10.1. The van der Waals surface area contributed by atoms with Crippen molar-refractivity contribution in [2.45, 2.75) is 77.1 Å². The molecule has 0 aliphatic carbocycles. The van der Waals surface area contributed by atoms with Gasteiger partial charge < -0.3 is 8.98 Å². The van der Waals surface area contributed by atoms with E-state index in [0.29, 0.717) is 5.92 Å². The third kappa shape index (κ3) is 9.12. The predicted molar refractivity (Wildman–Crippen MR) is 269 cm³/mol. The van der Waals surface area contributed by atoms with Gasteiger partial charge in [0, 0.05) is 36.6 Å². The van der Waals surface area contributed by atoms with Gasteiger partial charge in [-0.05, 0) is 58.4 Å². The maximum absolute atomic E-state index is 6.52. The van der Waals surface area contributed by atoms with Crippen molar-refractivity contribution in [1.82, 2.24) is 24.7 Å². The van der Waals surface area contributed by atoms with Crippen LogP contribution in [0.2, 0.25) is 17.3 Å². The molecule has 6 nitrogen and oxygen atoms in total. The molecule has 0 aliphatic heterocycles. The van der Waals surface area contributed by atoms with Gasteiger partial charge in [0.1, 0.15) is 11.1 Å². The SMILES string of the molecule is CC(C)Cc1cc(-c2[c-]cccc2)nc[c]1[Ge]([CH3])([CH3])[CH3].CC(C)c1cc(-c2ccccc2)cc(C(C)C)c1-n1c(-c2[c-]ccc3c2oc2ccccc23)nc2c3ccccc3nnc21.[Ir]. The first kappa shape index (κ1) is 45.8. The number of rotatable bonds is 9. The Morgan fingerprint density at radius 2 is 1.34 bits per heavy atom. The zero-order valence-electron chi connectivity index (χ0n) is 38.7. The molecule has 0 unspecified atom stereocenters. The summed E-state index contributed by atoms with van der Waals surface area (Å²) in [6, 6.07) is 52.7. The monoisotopic (exact) mass is 1090 g/mol. The minimum absolute atomic E-state index is 0. The number of pyridine rings is 1.